The predicted octanol–water partition coefficient (Wildman–Crippen LogP) is 8.13. The highest BCUT2D eigenvalue weighted by atomic mass is 16.6. The Bertz CT molecular complexity index is 2640. The Kier molecular flexibility index (Phi) is 13.9. The van der Waals surface area contributed by atoms with E-state index in [1.807, 2.05) is 91.0 Å². The zero-order chi connectivity index (χ0) is 41.8. The van der Waals surface area contributed by atoms with Crippen molar-refractivity contribution in [3.63, 3.8) is 0 Å². The number of H-pyrrole nitrogens is 2. The first-order valence-electron chi connectivity index (χ1n) is 19.8. The van der Waals surface area contributed by atoms with Crippen LogP contribution in [0, 0.1) is 0 Å². The Balaban J connectivity index is 0.000000153. The van der Waals surface area contributed by atoms with Crippen LogP contribution in [0.25, 0.3) is 43.6 Å². The number of benzene rings is 6. The molecule has 0 radical (unpaired) electrons. The quantitative estimate of drug-likeness (QED) is 0.0641. The van der Waals surface area contributed by atoms with Gasteiger partial charge in [0.15, 0.2) is 0 Å². The summed E-state index contributed by atoms with van der Waals surface area (Å²) in [6.45, 7) is 3.11. The Morgan fingerprint density at radius 1 is 0.633 bits per heavy atom. The lowest BCUT2D eigenvalue weighted by molar-refractivity contribution is 0.107. The van der Waals surface area contributed by atoms with E-state index in [-0.39, 0.29) is 12.7 Å². The minimum Gasteiger partial charge on any atom is -0.497 e. The number of epoxide rings is 1. The molecule has 9 rings (SSSR count). The molecule has 12 nitrogen and oxygen atoms in total. The fourth-order valence-electron chi connectivity index (χ4n) is 6.96. The van der Waals surface area contributed by atoms with E-state index in [4.69, 9.17) is 38.9 Å². The van der Waals surface area contributed by atoms with Gasteiger partial charge in [0.05, 0.1) is 46.1 Å². The summed E-state index contributed by atoms with van der Waals surface area (Å²) in [4.78, 5) is 6.81. The van der Waals surface area contributed by atoms with Crippen molar-refractivity contribution >= 4 is 43.6 Å². The van der Waals surface area contributed by atoms with Gasteiger partial charge in [0.1, 0.15) is 59.9 Å². The lowest BCUT2D eigenvalue weighted by Gasteiger charge is -2.15. The molecule has 60 heavy (non-hydrogen) atoms. The highest BCUT2D eigenvalue weighted by Crippen LogP contribution is 2.35. The molecule has 0 aliphatic carbocycles. The third kappa shape index (κ3) is 10.0. The fraction of sp³-hybridized carbons (Fsp3) is 0.250. The smallest absolute Gasteiger partial charge is 0.129 e. The van der Waals surface area contributed by atoms with Crippen LogP contribution < -0.4 is 39.5 Å². The molecule has 0 unspecified atom stereocenters. The van der Waals surface area contributed by atoms with E-state index in [0.717, 1.165) is 90.5 Å². The van der Waals surface area contributed by atoms with Gasteiger partial charge in [0.25, 0.3) is 0 Å². The van der Waals surface area contributed by atoms with Crippen molar-refractivity contribution in [3.05, 3.63) is 132 Å². The summed E-state index contributed by atoms with van der Waals surface area (Å²) in [5, 5.41) is 18.2. The zero-order valence-corrected chi connectivity index (χ0v) is 34.3. The summed E-state index contributed by atoms with van der Waals surface area (Å²) in [7, 11) is 6.50. The van der Waals surface area contributed by atoms with Gasteiger partial charge in [0, 0.05) is 75.5 Å². The van der Waals surface area contributed by atoms with E-state index in [9.17, 15) is 5.11 Å². The number of nitrogens with two attached hydrogens (primary N) is 1. The molecule has 2 atom stereocenters. The number of fused-ring (bicyclic) bond motifs is 6. The predicted molar refractivity (Wildman–Crippen MR) is 237 cm³/mol. The normalized spacial score (nSPS) is 13.5. The van der Waals surface area contributed by atoms with Gasteiger partial charge in [-0.05, 0) is 48.5 Å². The lowest BCUT2D eigenvalue weighted by atomic mass is 10.1. The van der Waals surface area contributed by atoms with Gasteiger partial charge in [-0.2, -0.15) is 0 Å². The highest BCUT2D eigenvalue weighted by molar-refractivity contribution is 6.11. The van der Waals surface area contributed by atoms with Gasteiger partial charge in [0.2, 0.25) is 0 Å². The first kappa shape index (κ1) is 41.7. The molecular weight excluding hydrogens is 761 g/mol. The standard InChI is InChI=1S/C24H26N2O4.C15H13NO2.C9H13NO2/c1-28-18-11-10-16(23(12-18)29-2)13-25-14-17(27)15-30-22-9-5-8-21-24(22)19-6-3-4-7-20(19)26-21;1-2-5-12-11(4-1)15-13(16-12)6-3-7-14(15)18-9-10-8-17-10;1-11-8-4-3-7(6-10)9(5-8)12-2/h3-12,17,25-27H,13-15H2,1-2H3;1-7,10,16H,8-9H2;3-5H,6,10H2,1-2H3/t17-;10-;/m11./s1. The van der Waals surface area contributed by atoms with Crippen LogP contribution in [-0.4, -0.2) is 82.1 Å². The number of ether oxygens (including phenoxy) is 7. The van der Waals surface area contributed by atoms with E-state index in [1.165, 1.54) is 5.39 Å². The van der Waals surface area contributed by atoms with Crippen LogP contribution in [0.3, 0.4) is 0 Å². The van der Waals surface area contributed by atoms with Crippen molar-refractivity contribution in [1.29, 1.82) is 0 Å². The van der Waals surface area contributed by atoms with Gasteiger partial charge in [-0.15, -0.1) is 0 Å². The van der Waals surface area contributed by atoms with Gasteiger partial charge >= 0.3 is 0 Å². The number of para-hydroxylation sites is 2. The second-order valence-corrected chi connectivity index (χ2v) is 14.1. The molecule has 1 fully saturated rings. The van der Waals surface area contributed by atoms with Crippen LogP contribution in [0.2, 0.25) is 0 Å². The topological polar surface area (TPSA) is 158 Å². The number of hydrogen-bond acceptors (Lipinski definition) is 10. The number of methoxy groups -OCH3 is 4. The summed E-state index contributed by atoms with van der Waals surface area (Å²) in [5.74, 6) is 4.75. The number of hydrogen-bond donors (Lipinski definition) is 5. The molecule has 0 spiro atoms. The highest BCUT2D eigenvalue weighted by Gasteiger charge is 2.23. The van der Waals surface area contributed by atoms with Crippen molar-refractivity contribution in [2.45, 2.75) is 25.3 Å². The fourth-order valence-corrected chi connectivity index (χ4v) is 6.96. The molecule has 0 bridgehead atoms. The summed E-state index contributed by atoms with van der Waals surface area (Å²) < 4.78 is 37.8. The van der Waals surface area contributed by atoms with Crippen LogP contribution >= 0.6 is 0 Å². The molecule has 0 amide bonds. The molecule has 6 N–H and O–H groups in total. The van der Waals surface area contributed by atoms with E-state index < -0.39 is 6.10 Å². The van der Waals surface area contributed by atoms with Gasteiger partial charge in [-0.3, -0.25) is 0 Å². The minimum absolute atomic E-state index is 0.200. The number of aromatic amines is 2. The number of aromatic nitrogens is 2. The summed E-state index contributed by atoms with van der Waals surface area (Å²) >= 11 is 0. The number of nitrogens with one attached hydrogen (secondary N) is 3. The minimum atomic E-state index is -0.644. The molecule has 1 aliphatic rings. The Morgan fingerprint density at radius 2 is 1.15 bits per heavy atom. The molecule has 0 saturated carbocycles. The molecule has 2 aromatic heterocycles. The maximum atomic E-state index is 10.4. The third-order valence-electron chi connectivity index (χ3n) is 10.1. The van der Waals surface area contributed by atoms with E-state index in [1.54, 1.807) is 28.4 Å². The van der Waals surface area contributed by atoms with Gasteiger partial charge in [-0.1, -0.05) is 60.7 Å². The molecule has 312 valence electrons. The van der Waals surface area contributed by atoms with Crippen molar-refractivity contribution < 1.29 is 38.3 Å². The van der Waals surface area contributed by atoms with Crippen molar-refractivity contribution in [2.24, 2.45) is 5.73 Å². The van der Waals surface area contributed by atoms with Crippen molar-refractivity contribution in [1.82, 2.24) is 15.3 Å². The summed E-state index contributed by atoms with van der Waals surface area (Å²) in [6.07, 6.45) is -0.361. The zero-order valence-electron chi connectivity index (χ0n) is 34.3. The monoisotopic (exact) mass is 812 g/mol. The largest absolute Gasteiger partial charge is 0.497 e. The summed E-state index contributed by atoms with van der Waals surface area (Å²) in [5.41, 5.74) is 11.8. The molecule has 1 aliphatic heterocycles. The van der Waals surface area contributed by atoms with Crippen LogP contribution in [-0.2, 0) is 17.8 Å². The average Bonchev–Trinajstić information content (AvgIpc) is 3.93. The summed E-state index contributed by atoms with van der Waals surface area (Å²) in [6, 6.07) is 39.7. The first-order valence-corrected chi connectivity index (χ1v) is 19.8. The second kappa shape index (κ2) is 20.0. The molecule has 1 saturated heterocycles. The molecule has 6 aromatic carbocycles. The van der Waals surface area contributed by atoms with Gasteiger partial charge in [-0.25, -0.2) is 0 Å². The van der Waals surface area contributed by atoms with E-state index >= 15 is 0 Å². The van der Waals surface area contributed by atoms with Crippen LogP contribution in [0.1, 0.15) is 11.1 Å². The van der Waals surface area contributed by atoms with Gasteiger partial charge < -0.3 is 59.3 Å². The van der Waals surface area contributed by atoms with Crippen LogP contribution in [0.15, 0.2) is 121 Å². The van der Waals surface area contributed by atoms with E-state index in [2.05, 4.69) is 45.6 Å². The first-order chi connectivity index (χ1) is 29.4. The Labute approximate surface area is 349 Å². The number of rotatable bonds is 15. The molecule has 3 heterocycles. The molecule has 12 heteroatoms. The van der Waals surface area contributed by atoms with Crippen LogP contribution in [0.4, 0.5) is 0 Å². The molecule has 8 aromatic rings. The van der Waals surface area contributed by atoms with Crippen molar-refractivity contribution in [3.8, 4) is 34.5 Å². The average molecular weight is 813 g/mol. The number of aliphatic hydroxyl groups is 1. The third-order valence-corrected chi connectivity index (χ3v) is 10.1. The Hall–Kier alpha value is -6.44. The maximum Gasteiger partial charge on any atom is 0.129 e. The molecular formula is C48H52N4O8. The number of aliphatic hydroxyl groups excluding tert-OH is 1. The second-order valence-electron chi connectivity index (χ2n) is 14.1. The van der Waals surface area contributed by atoms with Crippen molar-refractivity contribution in [2.75, 3.05) is 54.8 Å². The Morgan fingerprint density at radius 3 is 1.68 bits per heavy atom. The maximum absolute atomic E-state index is 10.4. The van der Waals surface area contributed by atoms with E-state index in [0.29, 0.717) is 26.2 Å². The SMILES string of the molecule is COc1ccc(CN)c(OC)c1.COc1ccc(CNC[C@@H](O)COc2cccc3[nH]c4ccccc4c23)c(OC)c1.c1ccc2c(c1)[nH]c1cccc(OC[C@H]3CO3)c12. The lowest BCUT2D eigenvalue weighted by Crippen LogP contribution is -2.31. The van der Waals surface area contributed by atoms with Crippen LogP contribution in [0.5, 0.6) is 34.5 Å².